The van der Waals surface area contributed by atoms with Gasteiger partial charge in [0.05, 0.1) is 19.6 Å². The van der Waals surface area contributed by atoms with E-state index < -0.39 is 0 Å². The molecule has 0 bridgehead atoms. The standard InChI is InChI=1S/C17H31N3O4.HI/c1-4-18-17(19-11-7-6-8-15(21)23-3)20-12-9-14(10-13-20)16(22)24-5-2;/h14H,4-13H2,1-3H3,(H,18,19);1H. The molecule has 0 atom stereocenters. The van der Waals surface area contributed by atoms with Crippen molar-refractivity contribution in [1.82, 2.24) is 10.2 Å². The Morgan fingerprint density at radius 2 is 1.88 bits per heavy atom. The summed E-state index contributed by atoms with van der Waals surface area (Å²) in [7, 11) is 1.41. The minimum Gasteiger partial charge on any atom is -0.469 e. The van der Waals surface area contributed by atoms with Gasteiger partial charge in [-0.2, -0.15) is 0 Å². The van der Waals surface area contributed by atoms with E-state index in [0.29, 0.717) is 19.6 Å². The second kappa shape index (κ2) is 14.1. The van der Waals surface area contributed by atoms with E-state index in [9.17, 15) is 9.59 Å². The summed E-state index contributed by atoms with van der Waals surface area (Å²) in [6.45, 7) is 7.40. The number of guanidine groups is 1. The number of carbonyl (C=O) groups excluding carboxylic acids is 2. The first kappa shape index (κ1) is 23.9. The van der Waals surface area contributed by atoms with Gasteiger partial charge in [0, 0.05) is 32.6 Å². The predicted octanol–water partition coefficient (Wildman–Crippen LogP) is 2.19. The average Bonchev–Trinajstić information content (AvgIpc) is 2.60. The van der Waals surface area contributed by atoms with Gasteiger partial charge in [-0.1, -0.05) is 0 Å². The zero-order chi connectivity index (χ0) is 17.8. The molecule has 0 amide bonds. The first-order chi connectivity index (χ1) is 11.6. The molecular weight excluding hydrogens is 437 g/mol. The molecule has 1 aliphatic rings. The van der Waals surface area contributed by atoms with E-state index in [0.717, 1.165) is 51.3 Å². The maximum absolute atomic E-state index is 11.8. The summed E-state index contributed by atoms with van der Waals surface area (Å²) in [6, 6.07) is 0. The van der Waals surface area contributed by atoms with Crippen molar-refractivity contribution in [2.75, 3.05) is 39.9 Å². The lowest BCUT2D eigenvalue weighted by Gasteiger charge is -2.33. The summed E-state index contributed by atoms with van der Waals surface area (Å²) < 4.78 is 9.73. The van der Waals surface area contributed by atoms with Crippen LogP contribution in [0.25, 0.3) is 0 Å². The van der Waals surface area contributed by atoms with Gasteiger partial charge < -0.3 is 19.7 Å². The number of hydrogen-bond donors (Lipinski definition) is 1. The zero-order valence-electron chi connectivity index (χ0n) is 15.6. The topological polar surface area (TPSA) is 80.2 Å². The van der Waals surface area contributed by atoms with Crippen LogP contribution in [0.1, 0.15) is 46.0 Å². The predicted molar refractivity (Wildman–Crippen MR) is 108 cm³/mol. The van der Waals surface area contributed by atoms with Gasteiger partial charge in [0.1, 0.15) is 0 Å². The van der Waals surface area contributed by atoms with Crippen molar-refractivity contribution in [2.45, 2.75) is 46.0 Å². The molecule has 1 heterocycles. The number of aliphatic imine (C=N–C) groups is 1. The van der Waals surface area contributed by atoms with Gasteiger partial charge in [0.25, 0.3) is 0 Å². The maximum atomic E-state index is 11.8. The Morgan fingerprint density at radius 1 is 1.20 bits per heavy atom. The fraction of sp³-hybridized carbons (Fsp3) is 0.824. The lowest BCUT2D eigenvalue weighted by Crippen LogP contribution is -2.46. The van der Waals surface area contributed by atoms with Crippen LogP contribution in [0.4, 0.5) is 0 Å². The fourth-order valence-electron chi connectivity index (χ4n) is 2.68. The van der Waals surface area contributed by atoms with Crippen LogP contribution < -0.4 is 5.32 Å². The molecule has 1 aliphatic heterocycles. The van der Waals surface area contributed by atoms with Crippen molar-refractivity contribution in [3.05, 3.63) is 0 Å². The number of halogens is 1. The molecule has 0 aromatic heterocycles. The molecule has 0 saturated carbocycles. The Labute approximate surface area is 167 Å². The van der Waals surface area contributed by atoms with E-state index in [1.165, 1.54) is 7.11 Å². The van der Waals surface area contributed by atoms with E-state index in [1.807, 2.05) is 13.8 Å². The average molecular weight is 469 g/mol. The summed E-state index contributed by atoms with van der Waals surface area (Å²) in [4.78, 5) is 29.7. The molecule has 1 N–H and O–H groups in total. The number of likely N-dealkylation sites (tertiary alicyclic amines) is 1. The summed E-state index contributed by atoms with van der Waals surface area (Å²) in [6.07, 6.45) is 3.66. The van der Waals surface area contributed by atoms with Crippen LogP contribution in [0.15, 0.2) is 4.99 Å². The van der Waals surface area contributed by atoms with Gasteiger partial charge in [0.2, 0.25) is 0 Å². The first-order valence-electron chi connectivity index (χ1n) is 8.89. The molecule has 0 unspecified atom stereocenters. The number of nitrogens with one attached hydrogen (secondary N) is 1. The van der Waals surface area contributed by atoms with Crippen molar-refractivity contribution in [1.29, 1.82) is 0 Å². The van der Waals surface area contributed by atoms with E-state index in [4.69, 9.17) is 4.74 Å². The SMILES string of the molecule is CCNC(=NCCCCC(=O)OC)N1CCC(C(=O)OCC)CC1.I. The smallest absolute Gasteiger partial charge is 0.309 e. The third-order valence-electron chi connectivity index (χ3n) is 4.03. The molecule has 1 rings (SSSR count). The van der Waals surface area contributed by atoms with E-state index in [2.05, 4.69) is 19.9 Å². The van der Waals surface area contributed by atoms with Crippen molar-refractivity contribution in [3.63, 3.8) is 0 Å². The van der Waals surface area contributed by atoms with E-state index in [-0.39, 0.29) is 41.8 Å². The van der Waals surface area contributed by atoms with Gasteiger partial charge in [-0.05, 0) is 39.5 Å². The number of nitrogens with zero attached hydrogens (tertiary/aromatic N) is 2. The van der Waals surface area contributed by atoms with Gasteiger partial charge in [-0.15, -0.1) is 24.0 Å². The van der Waals surface area contributed by atoms with Crippen LogP contribution in [0.5, 0.6) is 0 Å². The Hall–Kier alpha value is -1.06. The van der Waals surface area contributed by atoms with Crippen LogP contribution in [-0.2, 0) is 19.1 Å². The van der Waals surface area contributed by atoms with E-state index >= 15 is 0 Å². The van der Waals surface area contributed by atoms with E-state index in [1.54, 1.807) is 0 Å². The number of ether oxygens (including phenoxy) is 2. The van der Waals surface area contributed by atoms with Crippen LogP contribution in [-0.4, -0.2) is 62.7 Å². The lowest BCUT2D eigenvalue weighted by molar-refractivity contribution is -0.149. The molecule has 25 heavy (non-hydrogen) atoms. The molecule has 0 aromatic carbocycles. The minimum absolute atomic E-state index is 0. The van der Waals surface area contributed by atoms with Gasteiger partial charge in [-0.3, -0.25) is 14.6 Å². The van der Waals surface area contributed by atoms with Crippen LogP contribution in [0.3, 0.4) is 0 Å². The Kier molecular flexibility index (Phi) is 13.5. The summed E-state index contributed by atoms with van der Waals surface area (Å²) in [5.74, 6) is 0.635. The zero-order valence-corrected chi connectivity index (χ0v) is 17.9. The molecule has 146 valence electrons. The summed E-state index contributed by atoms with van der Waals surface area (Å²) in [5.41, 5.74) is 0. The highest BCUT2D eigenvalue weighted by molar-refractivity contribution is 14.0. The number of hydrogen-bond acceptors (Lipinski definition) is 5. The molecule has 1 fully saturated rings. The van der Waals surface area contributed by atoms with Crippen molar-refractivity contribution >= 4 is 41.9 Å². The van der Waals surface area contributed by atoms with Crippen molar-refractivity contribution in [3.8, 4) is 0 Å². The Bertz CT molecular complexity index is 424. The van der Waals surface area contributed by atoms with Crippen LogP contribution >= 0.6 is 24.0 Å². The molecule has 8 heteroatoms. The van der Waals surface area contributed by atoms with Gasteiger partial charge in [-0.25, -0.2) is 0 Å². The number of unbranched alkanes of at least 4 members (excludes halogenated alkanes) is 1. The van der Waals surface area contributed by atoms with Gasteiger partial charge in [0.15, 0.2) is 5.96 Å². The van der Waals surface area contributed by atoms with Crippen LogP contribution in [0, 0.1) is 5.92 Å². The highest BCUT2D eigenvalue weighted by Crippen LogP contribution is 2.18. The fourth-order valence-corrected chi connectivity index (χ4v) is 2.68. The molecular formula is C17H32IN3O4. The summed E-state index contributed by atoms with van der Waals surface area (Å²) in [5, 5.41) is 3.30. The minimum atomic E-state index is -0.174. The van der Waals surface area contributed by atoms with Crippen LogP contribution in [0.2, 0.25) is 0 Å². The highest BCUT2D eigenvalue weighted by Gasteiger charge is 2.27. The number of rotatable bonds is 8. The largest absolute Gasteiger partial charge is 0.469 e. The molecule has 0 spiro atoms. The highest BCUT2D eigenvalue weighted by atomic mass is 127. The monoisotopic (exact) mass is 469 g/mol. The van der Waals surface area contributed by atoms with Crippen molar-refractivity contribution < 1.29 is 19.1 Å². The number of piperidine rings is 1. The molecule has 0 radical (unpaired) electrons. The molecule has 1 saturated heterocycles. The third kappa shape index (κ3) is 9.27. The van der Waals surface area contributed by atoms with Gasteiger partial charge >= 0.3 is 11.9 Å². The number of carbonyl (C=O) groups is 2. The first-order valence-corrected chi connectivity index (χ1v) is 8.89. The second-order valence-electron chi connectivity index (χ2n) is 5.78. The van der Waals surface area contributed by atoms with Crippen molar-refractivity contribution in [2.24, 2.45) is 10.9 Å². The Balaban J connectivity index is 0.00000576. The molecule has 7 nitrogen and oxygen atoms in total. The Morgan fingerprint density at radius 3 is 2.44 bits per heavy atom. The normalized spacial score (nSPS) is 15.3. The molecule has 0 aromatic rings. The summed E-state index contributed by atoms with van der Waals surface area (Å²) >= 11 is 0. The quantitative estimate of drug-likeness (QED) is 0.193. The third-order valence-corrected chi connectivity index (χ3v) is 4.03. The maximum Gasteiger partial charge on any atom is 0.309 e. The second-order valence-corrected chi connectivity index (χ2v) is 5.78. The lowest BCUT2D eigenvalue weighted by atomic mass is 9.97. The number of esters is 2. The molecule has 0 aliphatic carbocycles. The number of methoxy groups -OCH3 is 1.